The first-order valence-corrected chi connectivity index (χ1v) is 8.37. The fourth-order valence-corrected chi connectivity index (χ4v) is 2.57. The third kappa shape index (κ3) is 3.52. The monoisotopic (exact) mass is 372 g/mol. The van der Waals surface area contributed by atoms with Gasteiger partial charge < -0.3 is 4.52 Å². The number of halogens is 1. The second-order valence-corrected chi connectivity index (χ2v) is 6.55. The highest BCUT2D eigenvalue weighted by Crippen LogP contribution is 2.24. The molecule has 0 radical (unpaired) electrons. The maximum atomic E-state index is 12.6. The predicted molar refractivity (Wildman–Crippen MR) is 97.0 cm³/mol. The molecule has 0 spiro atoms. The fraction of sp³-hybridized carbons (Fsp3) is 0.222. The van der Waals surface area contributed by atoms with E-state index in [0.717, 1.165) is 0 Å². The maximum absolute atomic E-state index is 12.6. The van der Waals surface area contributed by atoms with Crippen molar-refractivity contribution in [1.29, 1.82) is 0 Å². The highest BCUT2D eigenvalue weighted by molar-refractivity contribution is 6.30. The van der Waals surface area contributed by atoms with E-state index in [9.17, 15) is 9.59 Å². The number of rotatable bonds is 3. The Labute approximate surface area is 154 Å². The van der Waals surface area contributed by atoms with Crippen molar-refractivity contribution in [1.82, 2.24) is 21.0 Å². The van der Waals surface area contributed by atoms with Crippen LogP contribution in [0.4, 0.5) is 0 Å². The Hall–Kier alpha value is -2.93. The van der Waals surface area contributed by atoms with Crippen molar-refractivity contribution in [2.24, 2.45) is 0 Å². The molecule has 2 heterocycles. The number of nitrogens with one attached hydrogen (secondary N) is 2. The fourth-order valence-electron chi connectivity index (χ4n) is 2.44. The van der Waals surface area contributed by atoms with E-state index in [1.54, 1.807) is 37.3 Å². The van der Waals surface area contributed by atoms with E-state index in [-0.39, 0.29) is 5.92 Å². The summed E-state index contributed by atoms with van der Waals surface area (Å²) in [6, 6.07) is 8.01. The van der Waals surface area contributed by atoms with E-state index < -0.39 is 11.8 Å². The summed E-state index contributed by atoms with van der Waals surface area (Å²) in [6.45, 7) is 5.65. The Morgan fingerprint density at radius 1 is 1.12 bits per heavy atom. The number of pyridine rings is 1. The van der Waals surface area contributed by atoms with Gasteiger partial charge in [-0.25, -0.2) is 4.98 Å². The van der Waals surface area contributed by atoms with Gasteiger partial charge in [0, 0.05) is 16.3 Å². The largest absolute Gasteiger partial charge is 0.336 e. The van der Waals surface area contributed by atoms with Crippen LogP contribution in [0.1, 0.15) is 51.9 Å². The van der Waals surface area contributed by atoms with Gasteiger partial charge in [0.05, 0.1) is 16.6 Å². The smallest absolute Gasteiger partial charge is 0.270 e. The lowest BCUT2D eigenvalue weighted by Crippen LogP contribution is -2.41. The number of hydrogen-bond donors (Lipinski definition) is 2. The molecular formula is C18H17ClN4O3. The number of fused-ring (bicyclic) bond motifs is 1. The first-order chi connectivity index (χ1) is 12.4. The predicted octanol–water partition coefficient (Wildman–Crippen LogP) is 3.38. The minimum Gasteiger partial charge on any atom is -0.336 e. The van der Waals surface area contributed by atoms with Gasteiger partial charge in [-0.15, -0.1) is 0 Å². The summed E-state index contributed by atoms with van der Waals surface area (Å²) in [5.74, 6) is -0.834. The van der Waals surface area contributed by atoms with Gasteiger partial charge in [0.25, 0.3) is 17.5 Å². The molecule has 134 valence electrons. The number of carbonyl (C=O) groups excluding carboxylic acids is 2. The molecule has 1 aromatic carbocycles. The molecule has 0 fully saturated rings. The van der Waals surface area contributed by atoms with Gasteiger partial charge in [-0.05, 0) is 43.2 Å². The van der Waals surface area contributed by atoms with Crippen molar-refractivity contribution >= 4 is 34.5 Å². The molecule has 8 heteroatoms. The van der Waals surface area contributed by atoms with Crippen molar-refractivity contribution in [2.45, 2.75) is 26.7 Å². The molecule has 0 saturated heterocycles. The number of aromatic nitrogens is 2. The molecule has 0 aliphatic heterocycles. The van der Waals surface area contributed by atoms with Crippen LogP contribution in [0.5, 0.6) is 0 Å². The van der Waals surface area contributed by atoms with Crippen LogP contribution in [0.3, 0.4) is 0 Å². The normalized spacial score (nSPS) is 11.0. The third-order valence-electron chi connectivity index (χ3n) is 3.87. The highest BCUT2D eigenvalue weighted by atomic mass is 35.5. The highest BCUT2D eigenvalue weighted by Gasteiger charge is 2.20. The van der Waals surface area contributed by atoms with Crippen LogP contribution in [-0.2, 0) is 0 Å². The van der Waals surface area contributed by atoms with Crippen LogP contribution < -0.4 is 10.9 Å². The Morgan fingerprint density at radius 3 is 2.42 bits per heavy atom. The van der Waals surface area contributed by atoms with Crippen LogP contribution in [0, 0.1) is 6.92 Å². The third-order valence-corrected chi connectivity index (χ3v) is 4.12. The molecule has 0 atom stereocenters. The molecule has 0 bridgehead atoms. The lowest BCUT2D eigenvalue weighted by Gasteiger charge is -2.10. The summed E-state index contributed by atoms with van der Waals surface area (Å²) in [5.41, 5.74) is 7.07. The van der Waals surface area contributed by atoms with Gasteiger partial charge in [0.2, 0.25) is 0 Å². The Balaban J connectivity index is 1.84. The molecular weight excluding hydrogens is 356 g/mol. The first-order valence-electron chi connectivity index (χ1n) is 8.00. The van der Waals surface area contributed by atoms with Gasteiger partial charge >= 0.3 is 0 Å². The van der Waals surface area contributed by atoms with Crippen LogP contribution in [0.15, 0.2) is 34.9 Å². The second-order valence-electron chi connectivity index (χ2n) is 6.11. The molecule has 0 unspecified atom stereocenters. The molecule has 0 aliphatic rings. The molecule has 0 saturated carbocycles. The molecule has 3 aromatic rings. The summed E-state index contributed by atoms with van der Waals surface area (Å²) in [4.78, 5) is 29.1. The van der Waals surface area contributed by atoms with Crippen LogP contribution in [0.2, 0.25) is 5.02 Å². The quantitative estimate of drug-likeness (QED) is 0.687. The van der Waals surface area contributed by atoms with Crippen molar-refractivity contribution in [2.75, 3.05) is 0 Å². The number of carbonyl (C=O) groups is 2. The molecule has 0 aliphatic carbocycles. The van der Waals surface area contributed by atoms with Crippen molar-refractivity contribution in [3.63, 3.8) is 0 Å². The van der Waals surface area contributed by atoms with Gasteiger partial charge in [-0.1, -0.05) is 30.6 Å². The van der Waals surface area contributed by atoms with E-state index in [1.165, 1.54) is 0 Å². The van der Waals surface area contributed by atoms with E-state index >= 15 is 0 Å². The zero-order valence-electron chi connectivity index (χ0n) is 14.5. The lowest BCUT2D eigenvalue weighted by molar-refractivity contribution is 0.0847. The second kappa shape index (κ2) is 7.13. The van der Waals surface area contributed by atoms with Gasteiger partial charge in [-0.2, -0.15) is 0 Å². The average Bonchev–Trinajstić information content (AvgIpc) is 3.00. The Kier molecular flexibility index (Phi) is 4.90. The molecule has 26 heavy (non-hydrogen) atoms. The number of aryl methyl sites for hydroxylation is 1. The Bertz CT molecular complexity index is 980. The zero-order valence-corrected chi connectivity index (χ0v) is 15.2. The summed E-state index contributed by atoms with van der Waals surface area (Å²) in [7, 11) is 0. The molecule has 3 rings (SSSR count). The molecule has 2 aromatic heterocycles. The standard InChI is InChI=1S/C18H17ClN4O3/c1-9(2)14-8-13(15-10(3)23-26-18(15)20-14)17(25)22-21-16(24)11-4-6-12(19)7-5-11/h4-9H,1-3H3,(H,21,24)(H,22,25). The molecule has 7 nitrogen and oxygen atoms in total. The first kappa shape index (κ1) is 17.9. The summed E-state index contributed by atoms with van der Waals surface area (Å²) >= 11 is 5.80. The molecule has 2 N–H and O–H groups in total. The number of amides is 2. The van der Waals surface area contributed by atoms with Crippen molar-refractivity contribution < 1.29 is 14.1 Å². The van der Waals surface area contributed by atoms with Crippen molar-refractivity contribution in [3.8, 4) is 0 Å². The van der Waals surface area contributed by atoms with Gasteiger partial charge in [-0.3, -0.25) is 20.4 Å². The minimum absolute atomic E-state index is 0.0972. The average molecular weight is 373 g/mol. The number of hydrogen-bond acceptors (Lipinski definition) is 5. The SMILES string of the molecule is Cc1noc2nc(C(C)C)cc(C(=O)NNC(=O)c3ccc(Cl)cc3)c12. The topological polar surface area (TPSA) is 97.1 Å². The van der Waals surface area contributed by atoms with Crippen LogP contribution >= 0.6 is 11.6 Å². The van der Waals surface area contributed by atoms with Gasteiger partial charge in [0.15, 0.2) is 0 Å². The van der Waals surface area contributed by atoms with E-state index in [2.05, 4.69) is 21.0 Å². The summed E-state index contributed by atoms with van der Waals surface area (Å²) in [5, 5.41) is 4.92. The number of benzene rings is 1. The van der Waals surface area contributed by atoms with Crippen LogP contribution in [0.25, 0.3) is 11.1 Å². The van der Waals surface area contributed by atoms with Gasteiger partial charge in [0.1, 0.15) is 0 Å². The number of hydrazine groups is 1. The lowest BCUT2D eigenvalue weighted by atomic mass is 10.0. The van der Waals surface area contributed by atoms with Crippen LogP contribution in [-0.4, -0.2) is 22.0 Å². The summed E-state index contributed by atoms with van der Waals surface area (Å²) in [6.07, 6.45) is 0. The number of nitrogens with zero attached hydrogens (tertiary/aromatic N) is 2. The van der Waals surface area contributed by atoms with E-state index in [0.29, 0.717) is 38.6 Å². The summed E-state index contributed by atoms with van der Waals surface area (Å²) < 4.78 is 5.20. The zero-order chi connectivity index (χ0) is 18.8. The van der Waals surface area contributed by atoms with E-state index in [1.807, 2.05) is 13.8 Å². The van der Waals surface area contributed by atoms with E-state index in [4.69, 9.17) is 16.1 Å². The minimum atomic E-state index is -0.479. The van der Waals surface area contributed by atoms with Crippen molar-refractivity contribution in [3.05, 3.63) is 57.9 Å². The maximum Gasteiger partial charge on any atom is 0.270 e. The Morgan fingerprint density at radius 2 is 1.77 bits per heavy atom. The molecule has 2 amide bonds.